The Morgan fingerprint density at radius 2 is 1.62 bits per heavy atom. The first-order valence-corrected chi connectivity index (χ1v) is 13.8. The summed E-state index contributed by atoms with van der Waals surface area (Å²) in [6.45, 7) is -0.322. The van der Waals surface area contributed by atoms with Crippen LogP contribution < -0.4 is 16.0 Å². The van der Waals surface area contributed by atoms with Gasteiger partial charge in [-0.2, -0.15) is 26.3 Å². The van der Waals surface area contributed by atoms with Crippen molar-refractivity contribution in [3.05, 3.63) is 63.8 Å². The van der Waals surface area contributed by atoms with E-state index in [2.05, 4.69) is 5.32 Å². The lowest BCUT2D eigenvalue weighted by molar-refractivity contribution is -0.152. The van der Waals surface area contributed by atoms with Crippen LogP contribution in [0.5, 0.6) is 0 Å². The first-order chi connectivity index (χ1) is 19.6. The van der Waals surface area contributed by atoms with Gasteiger partial charge in [-0.05, 0) is 67.0 Å². The van der Waals surface area contributed by atoms with Crippen LogP contribution in [0.25, 0.3) is 0 Å². The molecule has 3 unspecified atom stereocenters. The SMILES string of the molecule is NC(=O)C(CCC(F)(F)F)C(CCC(F)(F)F)C(=O)NC1CN(c2cccc(Cl)c2)c2cccc(C3CC3)c2CN1[O-]. The third-order valence-electron chi connectivity index (χ3n) is 7.61. The molecule has 2 amide bonds. The van der Waals surface area contributed by atoms with Crippen LogP contribution in [-0.4, -0.2) is 41.9 Å². The number of fused-ring (bicyclic) bond motifs is 1. The van der Waals surface area contributed by atoms with E-state index in [4.69, 9.17) is 17.3 Å². The molecule has 0 spiro atoms. The highest BCUT2D eigenvalue weighted by Gasteiger charge is 2.40. The number of halogens is 7. The number of hydrogen-bond donors (Lipinski definition) is 2. The van der Waals surface area contributed by atoms with Gasteiger partial charge in [0.15, 0.2) is 0 Å². The number of primary amides is 1. The number of alkyl halides is 6. The van der Waals surface area contributed by atoms with Gasteiger partial charge in [-0.25, -0.2) is 0 Å². The van der Waals surface area contributed by atoms with Gasteiger partial charge in [-0.1, -0.05) is 29.8 Å². The number of rotatable bonds is 10. The highest BCUT2D eigenvalue weighted by molar-refractivity contribution is 6.30. The number of benzene rings is 2. The average Bonchev–Trinajstić information content (AvgIpc) is 3.73. The van der Waals surface area contributed by atoms with Crippen LogP contribution in [0, 0.1) is 17.0 Å². The van der Waals surface area contributed by atoms with Gasteiger partial charge in [0.2, 0.25) is 11.8 Å². The van der Waals surface area contributed by atoms with E-state index in [0.29, 0.717) is 21.5 Å². The predicted molar refractivity (Wildman–Crippen MR) is 144 cm³/mol. The molecule has 42 heavy (non-hydrogen) atoms. The van der Waals surface area contributed by atoms with E-state index in [0.717, 1.165) is 24.0 Å². The maximum absolute atomic E-state index is 13.5. The van der Waals surface area contributed by atoms with Crippen LogP contribution in [0.4, 0.5) is 37.7 Å². The monoisotopic (exact) mass is 619 g/mol. The van der Waals surface area contributed by atoms with Crippen molar-refractivity contribution in [3.63, 3.8) is 0 Å². The number of hydrogen-bond acceptors (Lipinski definition) is 5. The number of anilines is 2. The van der Waals surface area contributed by atoms with Crippen LogP contribution >= 0.6 is 11.6 Å². The third kappa shape index (κ3) is 8.29. The topological polar surface area (TPSA) is 102 Å². The first-order valence-electron chi connectivity index (χ1n) is 13.4. The van der Waals surface area contributed by atoms with Crippen LogP contribution in [0.3, 0.4) is 0 Å². The Balaban J connectivity index is 1.66. The molecule has 1 fully saturated rings. The number of nitrogens with zero attached hydrogens (tertiary/aromatic N) is 2. The van der Waals surface area contributed by atoms with Crippen molar-refractivity contribution < 1.29 is 35.9 Å². The smallest absolute Gasteiger partial charge is 0.389 e. The summed E-state index contributed by atoms with van der Waals surface area (Å²) < 4.78 is 78.2. The van der Waals surface area contributed by atoms with Crippen molar-refractivity contribution in [1.29, 1.82) is 0 Å². The van der Waals surface area contributed by atoms with Gasteiger partial charge in [0, 0.05) is 47.6 Å². The molecule has 1 saturated carbocycles. The summed E-state index contributed by atoms with van der Waals surface area (Å²) in [6, 6.07) is 12.3. The molecule has 14 heteroatoms. The Bertz CT molecular complexity index is 1290. The van der Waals surface area contributed by atoms with Crippen molar-refractivity contribution in [2.75, 3.05) is 11.4 Å². The lowest BCUT2D eigenvalue weighted by Gasteiger charge is -2.38. The molecule has 4 rings (SSSR count). The molecule has 3 N–H and O–H groups in total. The van der Waals surface area contributed by atoms with Crippen LogP contribution in [0.2, 0.25) is 5.02 Å². The standard InChI is InChI=1S/C28H30ClF6N4O3/c29-17-3-1-4-18(13-17)38-15-24(39(42)14-22-19(16-7-8-16)5-2-6-23(22)38)37-26(41)21(10-12-28(33,34)35)20(25(36)40)9-11-27(30,31)32/h1-6,13,16,20-21,24H,7-12,14-15H2,(H2,36,40)(H,37,41)/q-1. The lowest BCUT2D eigenvalue weighted by atomic mass is 9.83. The second kappa shape index (κ2) is 12.7. The summed E-state index contributed by atoms with van der Waals surface area (Å²) in [4.78, 5) is 27.3. The molecule has 2 aromatic rings. The zero-order chi connectivity index (χ0) is 30.8. The summed E-state index contributed by atoms with van der Waals surface area (Å²) in [5, 5.41) is 16.9. The molecule has 0 aromatic heterocycles. The molecular formula is C28H30ClF6N4O3-. The predicted octanol–water partition coefficient (Wildman–Crippen LogP) is 6.51. The Labute approximate surface area is 243 Å². The quantitative estimate of drug-likeness (QED) is 0.295. The number of hydroxylamine groups is 2. The van der Waals surface area contributed by atoms with Crippen LogP contribution in [-0.2, 0) is 16.1 Å². The fraction of sp³-hybridized carbons (Fsp3) is 0.500. The zero-order valence-corrected chi connectivity index (χ0v) is 23.1. The Morgan fingerprint density at radius 3 is 2.19 bits per heavy atom. The van der Waals surface area contributed by atoms with E-state index in [1.807, 2.05) is 18.2 Å². The van der Waals surface area contributed by atoms with E-state index >= 15 is 0 Å². The molecule has 0 radical (unpaired) electrons. The number of nitrogens with one attached hydrogen (secondary N) is 1. The van der Waals surface area contributed by atoms with Gasteiger partial charge in [0.25, 0.3) is 0 Å². The summed E-state index contributed by atoms with van der Waals surface area (Å²) in [6.07, 6.45) is -13.9. The summed E-state index contributed by atoms with van der Waals surface area (Å²) in [5.74, 6) is -5.90. The van der Waals surface area contributed by atoms with Gasteiger partial charge in [0.1, 0.15) is 0 Å². The molecule has 2 aliphatic rings. The van der Waals surface area contributed by atoms with Crippen molar-refractivity contribution in [2.24, 2.45) is 17.6 Å². The van der Waals surface area contributed by atoms with Gasteiger partial charge in [-0.3, -0.25) is 9.59 Å². The van der Waals surface area contributed by atoms with Crippen molar-refractivity contribution in [3.8, 4) is 0 Å². The molecule has 1 aliphatic carbocycles. The molecule has 7 nitrogen and oxygen atoms in total. The number of amides is 2. The highest BCUT2D eigenvalue weighted by Crippen LogP contribution is 2.46. The second-order valence-electron chi connectivity index (χ2n) is 10.7. The second-order valence-corrected chi connectivity index (χ2v) is 11.2. The summed E-state index contributed by atoms with van der Waals surface area (Å²) >= 11 is 6.23. The molecule has 1 aliphatic heterocycles. The van der Waals surface area contributed by atoms with Gasteiger partial charge in [0.05, 0.1) is 12.7 Å². The largest absolute Gasteiger partial charge is 0.783 e. The number of carbonyl (C=O) groups excluding carboxylic acids is 2. The Morgan fingerprint density at radius 1 is 1.00 bits per heavy atom. The van der Waals surface area contributed by atoms with Crippen molar-refractivity contribution in [1.82, 2.24) is 10.4 Å². The average molecular weight is 620 g/mol. The minimum atomic E-state index is -4.75. The molecule has 1 heterocycles. The fourth-order valence-electron chi connectivity index (χ4n) is 5.39. The lowest BCUT2D eigenvalue weighted by Crippen LogP contribution is -2.53. The van der Waals surface area contributed by atoms with Gasteiger partial charge >= 0.3 is 12.4 Å². The fourth-order valence-corrected chi connectivity index (χ4v) is 5.58. The van der Waals surface area contributed by atoms with E-state index < -0.39 is 67.9 Å². The Kier molecular flexibility index (Phi) is 9.63. The Hall–Kier alpha value is -3.03. The maximum Gasteiger partial charge on any atom is 0.389 e. The molecule has 230 valence electrons. The number of carbonyl (C=O) groups is 2. The minimum absolute atomic E-state index is 0.160. The maximum atomic E-state index is 13.5. The molecule has 3 atom stereocenters. The minimum Gasteiger partial charge on any atom is -0.783 e. The normalized spacial score (nSPS) is 19.5. The van der Waals surface area contributed by atoms with Gasteiger partial charge < -0.3 is 26.2 Å². The van der Waals surface area contributed by atoms with Gasteiger partial charge in [-0.15, -0.1) is 0 Å². The third-order valence-corrected chi connectivity index (χ3v) is 7.84. The van der Waals surface area contributed by atoms with E-state index in [1.54, 1.807) is 29.2 Å². The van der Waals surface area contributed by atoms with E-state index in [1.165, 1.54) is 0 Å². The molecular weight excluding hydrogens is 590 g/mol. The molecule has 0 saturated heterocycles. The van der Waals surface area contributed by atoms with Crippen LogP contribution in [0.1, 0.15) is 55.6 Å². The first kappa shape index (κ1) is 31.9. The van der Waals surface area contributed by atoms with E-state index in [9.17, 15) is 41.1 Å². The summed E-state index contributed by atoms with van der Waals surface area (Å²) in [7, 11) is 0. The highest BCUT2D eigenvalue weighted by atomic mass is 35.5. The molecule has 2 aromatic carbocycles. The van der Waals surface area contributed by atoms with Crippen molar-refractivity contribution in [2.45, 2.75) is 69.5 Å². The zero-order valence-electron chi connectivity index (χ0n) is 22.3. The van der Waals surface area contributed by atoms with E-state index in [-0.39, 0.29) is 19.0 Å². The molecule has 0 bridgehead atoms. The number of nitrogens with two attached hydrogens (primary N) is 1. The van der Waals surface area contributed by atoms with Crippen molar-refractivity contribution >= 4 is 34.8 Å². The summed E-state index contributed by atoms with van der Waals surface area (Å²) in [5.41, 5.74) is 8.25. The van der Waals surface area contributed by atoms with Crippen LogP contribution in [0.15, 0.2) is 42.5 Å².